The molecule has 0 bridgehead atoms. The maximum atomic E-state index is 4.96. The second kappa shape index (κ2) is 11.8. The summed E-state index contributed by atoms with van der Waals surface area (Å²) in [6.45, 7) is 4.26. The number of hydrogen-bond acceptors (Lipinski definition) is 10. The zero-order chi connectivity index (χ0) is 26.8. The molecule has 9 nitrogen and oxygen atoms in total. The lowest BCUT2D eigenvalue weighted by Crippen LogP contribution is -2.44. The molecule has 0 N–H and O–H groups in total. The molecule has 0 unspecified atom stereocenters. The molecule has 3 heterocycles. The maximum absolute atomic E-state index is 4.96. The van der Waals surface area contributed by atoms with Gasteiger partial charge in [0.2, 0.25) is 5.95 Å². The molecule has 1 saturated heterocycles. The van der Waals surface area contributed by atoms with Gasteiger partial charge < -0.3 is 19.0 Å². The Balaban J connectivity index is 1.45. The molecule has 0 aliphatic carbocycles. The molecule has 2 aromatic carbocycles. The van der Waals surface area contributed by atoms with E-state index in [4.69, 9.17) is 4.98 Å². The van der Waals surface area contributed by atoms with E-state index in [1.165, 1.54) is 5.69 Å². The molecule has 1 aliphatic rings. The minimum Gasteiger partial charge on any atom is -0.369 e. The molecule has 0 radical (unpaired) electrons. The van der Waals surface area contributed by atoms with Crippen LogP contribution >= 0.6 is 50.7 Å². The molecule has 198 valence electrons. The highest BCUT2D eigenvalue weighted by Gasteiger charge is 2.22. The molecule has 4 aromatic rings. The van der Waals surface area contributed by atoms with Crippen molar-refractivity contribution < 1.29 is 0 Å². The highest BCUT2D eigenvalue weighted by molar-refractivity contribution is 14.1. The third-order valence-corrected chi connectivity index (χ3v) is 8.96. The first-order valence-corrected chi connectivity index (χ1v) is 15.1. The van der Waals surface area contributed by atoms with Crippen molar-refractivity contribution in [2.45, 2.75) is 0 Å². The van der Waals surface area contributed by atoms with Crippen molar-refractivity contribution in [3.8, 4) is 0 Å². The number of hydrogen-bond donors (Lipinski definition) is 0. The molecule has 1 aliphatic heterocycles. The predicted octanol–water partition coefficient (Wildman–Crippen LogP) is 5.90. The van der Waals surface area contributed by atoms with Crippen molar-refractivity contribution in [3.63, 3.8) is 0 Å². The van der Waals surface area contributed by atoms with Crippen LogP contribution in [0.25, 0.3) is 11.0 Å². The van der Waals surface area contributed by atoms with Gasteiger partial charge in [0.15, 0.2) is 5.82 Å². The fourth-order valence-corrected chi connectivity index (χ4v) is 6.22. The van der Waals surface area contributed by atoms with Crippen molar-refractivity contribution in [2.24, 2.45) is 0 Å². The number of halogens is 2. The standard InChI is InChI=1S/C26H29BrIN9S/c1-33-13-15-36(16-14-33)19-7-5-18(6-8-19)34(2)26-31-17-20(27)25(32-26)37(28)22-10-9-21-23(30-12-11-29-21)24(22)35(3)38-4/h5-12,17H,13-16H2,1-4H3. The number of anilines is 6. The molecule has 0 amide bonds. The summed E-state index contributed by atoms with van der Waals surface area (Å²) in [5, 5.41) is 0. The minimum absolute atomic E-state index is 0.609. The van der Waals surface area contributed by atoms with Crippen molar-refractivity contribution in [1.82, 2.24) is 24.8 Å². The van der Waals surface area contributed by atoms with Gasteiger partial charge in [-0.05, 0) is 59.4 Å². The van der Waals surface area contributed by atoms with Gasteiger partial charge in [0, 0.05) is 76.5 Å². The van der Waals surface area contributed by atoms with E-state index < -0.39 is 0 Å². The highest BCUT2D eigenvalue weighted by atomic mass is 127. The Morgan fingerprint density at radius 1 is 0.947 bits per heavy atom. The Hall–Kier alpha value is -2.42. The molecule has 1 fully saturated rings. The fraction of sp³-hybridized carbons (Fsp3) is 0.308. The fourth-order valence-electron chi connectivity index (χ4n) is 4.40. The number of aromatic nitrogens is 4. The summed E-state index contributed by atoms with van der Waals surface area (Å²) < 4.78 is 4.93. The molecular formula is C26H29BrIN9S. The average molecular weight is 706 g/mol. The quantitative estimate of drug-likeness (QED) is 0.132. The van der Waals surface area contributed by atoms with Crippen LogP contribution in [0.3, 0.4) is 0 Å². The molecule has 5 rings (SSSR count). The number of benzene rings is 2. The monoisotopic (exact) mass is 705 g/mol. The lowest BCUT2D eigenvalue weighted by atomic mass is 10.2. The molecular weight excluding hydrogens is 677 g/mol. The van der Waals surface area contributed by atoms with Crippen molar-refractivity contribution in [3.05, 3.63) is 59.5 Å². The van der Waals surface area contributed by atoms with Crippen LogP contribution in [0.4, 0.5) is 34.5 Å². The first-order valence-electron chi connectivity index (χ1n) is 12.1. The van der Waals surface area contributed by atoms with Gasteiger partial charge in [-0.3, -0.25) is 13.1 Å². The normalized spacial score (nSPS) is 14.1. The van der Waals surface area contributed by atoms with E-state index in [0.29, 0.717) is 5.95 Å². The van der Waals surface area contributed by atoms with Gasteiger partial charge in [-0.15, -0.1) is 0 Å². The summed E-state index contributed by atoms with van der Waals surface area (Å²) in [6, 6.07) is 12.7. The zero-order valence-corrected chi connectivity index (χ0v) is 26.3. The van der Waals surface area contributed by atoms with Crippen LogP contribution in [0.1, 0.15) is 0 Å². The number of piperazine rings is 1. The van der Waals surface area contributed by atoms with Crippen LogP contribution < -0.4 is 17.2 Å². The lowest BCUT2D eigenvalue weighted by molar-refractivity contribution is 0.313. The van der Waals surface area contributed by atoms with E-state index in [0.717, 1.165) is 64.6 Å². The first kappa shape index (κ1) is 27.2. The largest absolute Gasteiger partial charge is 0.369 e. The SMILES string of the molecule is CSN(C)c1c(N(I)c2nc(N(C)c3ccc(N4CCN(C)CC4)cc3)ncc2Br)ccc2nccnc12. The molecule has 0 spiro atoms. The number of rotatable bonds is 7. The summed E-state index contributed by atoms with van der Waals surface area (Å²) in [5.74, 6) is 1.35. The molecule has 0 saturated carbocycles. The smallest absolute Gasteiger partial charge is 0.231 e. The summed E-state index contributed by atoms with van der Waals surface area (Å²) in [7, 11) is 6.20. The topological polar surface area (TPSA) is 67.8 Å². The zero-order valence-electron chi connectivity index (χ0n) is 21.7. The van der Waals surface area contributed by atoms with E-state index in [2.05, 4.69) is 105 Å². The van der Waals surface area contributed by atoms with E-state index >= 15 is 0 Å². The predicted molar refractivity (Wildman–Crippen MR) is 172 cm³/mol. The van der Waals surface area contributed by atoms with Crippen molar-refractivity contribution in [1.29, 1.82) is 0 Å². The van der Waals surface area contributed by atoms with Gasteiger partial charge in [0.05, 0.1) is 44.2 Å². The third kappa shape index (κ3) is 5.49. The van der Waals surface area contributed by atoms with Crippen LogP contribution in [0.2, 0.25) is 0 Å². The van der Waals surface area contributed by atoms with Crippen LogP contribution in [0.5, 0.6) is 0 Å². The summed E-state index contributed by atoms with van der Waals surface area (Å²) in [5.41, 5.74) is 5.89. The molecule has 0 atom stereocenters. The van der Waals surface area contributed by atoms with Gasteiger partial charge in [-0.25, -0.2) is 4.98 Å². The van der Waals surface area contributed by atoms with Crippen molar-refractivity contribution >= 4 is 96.3 Å². The Morgan fingerprint density at radius 2 is 1.66 bits per heavy atom. The minimum atomic E-state index is 0.609. The third-order valence-electron chi connectivity index (χ3n) is 6.70. The number of nitrogens with zero attached hydrogens (tertiary/aromatic N) is 9. The van der Waals surface area contributed by atoms with Crippen LogP contribution in [-0.2, 0) is 0 Å². The highest BCUT2D eigenvalue weighted by Crippen LogP contribution is 2.43. The number of fused-ring (bicyclic) bond motifs is 1. The Kier molecular flexibility index (Phi) is 8.41. The second-order valence-corrected chi connectivity index (χ2v) is 11.8. The van der Waals surface area contributed by atoms with E-state index in [1.807, 2.05) is 34.4 Å². The van der Waals surface area contributed by atoms with E-state index in [1.54, 1.807) is 30.5 Å². The molecule has 2 aromatic heterocycles. The Bertz CT molecular complexity index is 1420. The Morgan fingerprint density at radius 3 is 2.37 bits per heavy atom. The van der Waals surface area contributed by atoms with Crippen LogP contribution in [0.15, 0.2) is 59.5 Å². The van der Waals surface area contributed by atoms with Gasteiger partial charge >= 0.3 is 0 Å². The first-order chi connectivity index (χ1) is 18.4. The summed E-state index contributed by atoms with van der Waals surface area (Å²) in [6.07, 6.45) is 7.29. The van der Waals surface area contributed by atoms with Gasteiger partial charge in [-0.2, -0.15) is 4.98 Å². The maximum Gasteiger partial charge on any atom is 0.231 e. The second-order valence-electron chi connectivity index (χ2n) is 9.03. The summed E-state index contributed by atoms with van der Waals surface area (Å²) >= 11 is 7.59. The number of likely N-dealkylation sites (N-methyl/N-ethyl adjacent to an activating group) is 1. The molecule has 38 heavy (non-hydrogen) atoms. The summed E-state index contributed by atoms with van der Waals surface area (Å²) in [4.78, 5) is 25.5. The van der Waals surface area contributed by atoms with Crippen molar-refractivity contribution in [2.75, 3.05) is 70.8 Å². The van der Waals surface area contributed by atoms with Crippen LogP contribution in [-0.4, -0.2) is 78.4 Å². The van der Waals surface area contributed by atoms with Gasteiger partial charge in [0.1, 0.15) is 5.52 Å². The van der Waals surface area contributed by atoms with E-state index in [9.17, 15) is 0 Å². The molecule has 12 heteroatoms. The van der Waals surface area contributed by atoms with Gasteiger partial charge in [0.25, 0.3) is 0 Å². The lowest BCUT2D eigenvalue weighted by Gasteiger charge is -2.34. The Labute approximate surface area is 250 Å². The van der Waals surface area contributed by atoms with Gasteiger partial charge in [-0.1, -0.05) is 11.9 Å². The van der Waals surface area contributed by atoms with Crippen LogP contribution in [0, 0.1) is 0 Å². The average Bonchev–Trinajstić information content (AvgIpc) is 2.96. The van der Waals surface area contributed by atoms with E-state index in [-0.39, 0.29) is 0 Å².